The molecular weight excluding hydrogens is 254 g/mol. The Bertz CT molecular complexity index is 496. The maximum absolute atomic E-state index is 11.8. The molecule has 1 aromatic rings. The van der Waals surface area contributed by atoms with E-state index in [1.807, 2.05) is 6.92 Å². The van der Waals surface area contributed by atoms with Crippen molar-refractivity contribution in [2.75, 3.05) is 0 Å². The van der Waals surface area contributed by atoms with Crippen molar-refractivity contribution in [1.29, 1.82) is 0 Å². The lowest BCUT2D eigenvalue weighted by molar-refractivity contribution is -0.384. The van der Waals surface area contributed by atoms with E-state index >= 15 is 0 Å². The first-order chi connectivity index (χ1) is 8.86. The van der Waals surface area contributed by atoms with Gasteiger partial charge in [-0.15, -0.1) is 0 Å². The normalized spacial score (nSPS) is 13.6. The smallest absolute Gasteiger partial charge is 0.326 e. The van der Waals surface area contributed by atoms with Crippen molar-refractivity contribution in [3.63, 3.8) is 0 Å². The van der Waals surface area contributed by atoms with E-state index in [1.54, 1.807) is 6.92 Å². The lowest BCUT2D eigenvalue weighted by atomic mass is 9.99. The summed E-state index contributed by atoms with van der Waals surface area (Å²) in [5.74, 6) is -2.06. The van der Waals surface area contributed by atoms with Gasteiger partial charge in [0.2, 0.25) is 0 Å². The molecule has 0 aliphatic heterocycles. The summed E-state index contributed by atoms with van der Waals surface area (Å²) in [5, 5.41) is 21.9. The molecule has 0 radical (unpaired) electrons. The minimum absolute atomic E-state index is 0.0405. The fourth-order valence-corrected chi connectivity index (χ4v) is 1.52. The predicted molar refractivity (Wildman–Crippen MR) is 65.8 cm³/mol. The van der Waals surface area contributed by atoms with Gasteiger partial charge in [0.15, 0.2) is 0 Å². The second-order valence-electron chi connectivity index (χ2n) is 4.20. The van der Waals surface area contributed by atoms with Gasteiger partial charge >= 0.3 is 5.97 Å². The van der Waals surface area contributed by atoms with Gasteiger partial charge in [0, 0.05) is 6.07 Å². The zero-order valence-electron chi connectivity index (χ0n) is 10.5. The van der Waals surface area contributed by atoms with Crippen molar-refractivity contribution >= 4 is 17.6 Å². The summed E-state index contributed by atoms with van der Waals surface area (Å²) in [4.78, 5) is 35.1. The summed E-state index contributed by atoms with van der Waals surface area (Å²) >= 11 is 0. The number of carboxylic acid groups (broad SMARTS) is 1. The molecule has 8 heteroatoms. The van der Waals surface area contributed by atoms with Crippen molar-refractivity contribution in [2.45, 2.75) is 26.3 Å². The minimum atomic E-state index is -1.14. The van der Waals surface area contributed by atoms with E-state index in [9.17, 15) is 19.7 Å². The van der Waals surface area contributed by atoms with Crippen LogP contribution in [0.4, 0.5) is 5.69 Å². The molecule has 0 aromatic carbocycles. The molecule has 19 heavy (non-hydrogen) atoms. The molecule has 104 valence electrons. The SMILES string of the molecule is CCC(C)[C@H](NC(=O)c1cc([N+](=O)[O-])c[nH]1)C(=O)O. The highest BCUT2D eigenvalue weighted by Gasteiger charge is 2.26. The third-order valence-electron chi connectivity index (χ3n) is 2.89. The van der Waals surface area contributed by atoms with Gasteiger partial charge in [0.25, 0.3) is 11.6 Å². The second kappa shape index (κ2) is 5.98. The highest BCUT2D eigenvalue weighted by atomic mass is 16.6. The average Bonchev–Trinajstić information content (AvgIpc) is 2.84. The fraction of sp³-hybridized carbons (Fsp3) is 0.455. The Kier molecular flexibility index (Phi) is 4.62. The average molecular weight is 269 g/mol. The number of H-pyrrole nitrogens is 1. The summed E-state index contributed by atoms with van der Waals surface area (Å²) in [6.45, 7) is 3.52. The molecule has 0 spiro atoms. The van der Waals surface area contributed by atoms with Gasteiger partial charge in [0.05, 0.1) is 11.1 Å². The van der Waals surface area contributed by atoms with Crippen LogP contribution in [0.3, 0.4) is 0 Å². The minimum Gasteiger partial charge on any atom is -0.480 e. The van der Waals surface area contributed by atoms with Gasteiger partial charge in [-0.25, -0.2) is 4.79 Å². The van der Waals surface area contributed by atoms with Gasteiger partial charge in [-0.1, -0.05) is 20.3 Å². The van der Waals surface area contributed by atoms with Gasteiger partial charge in [-0.05, 0) is 5.92 Å². The van der Waals surface area contributed by atoms with Gasteiger partial charge in [-0.3, -0.25) is 14.9 Å². The Labute approximate surface area is 109 Å². The molecule has 0 bridgehead atoms. The number of carbonyl (C=O) groups excluding carboxylic acids is 1. The standard InChI is InChI=1S/C11H15N3O5/c1-3-6(2)9(11(16)17)13-10(15)8-4-7(5-12-8)14(18)19/h4-6,9,12H,3H2,1-2H3,(H,13,15)(H,16,17)/t6?,9-/m0/s1. The summed E-state index contributed by atoms with van der Waals surface area (Å²) in [5.41, 5.74) is -0.290. The molecule has 0 saturated carbocycles. The van der Waals surface area contributed by atoms with Crippen molar-refractivity contribution in [3.05, 3.63) is 28.1 Å². The van der Waals surface area contributed by atoms with E-state index in [4.69, 9.17) is 5.11 Å². The van der Waals surface area contributed by atoms with Crippen LogP contribution in [0.1, 0.15) is 30.8 Å². The molecule has 0 saturated heterocycles. The molecule has 2 atom stereocenters. The van der Waals surface area contributed by atoms with Crippen molar-refractivity contribution in [3.8, 4) is 0 Å². The Morgan fingerprint density at radius 1 is 1.58 bits per heavy atom. The highest BCUT2D eigenvalue weighted by molar-refractivity contribution is 5.95. The Balaban J connectivity index is 2.81. The number of nitro groups is 1. The van der Waals surface area contributed by atoms with Crippen LogP contribution in [0.2, 0.25) is 0 Å². The zero-order valence-corrected chi connectivity index (χ0v) is 10.5. The van der Waals surface area contributed by atoms with E-state index in [2.05, 4.69) is 10.3 Å². The Morgan fingerprint density at radius 2 is 2.21 bits per heavy atom. The molecule has 1 amide bonds. The monoisotopic (exact) mass is 269 g/mol. The first kappa shape index (κ1) is 14.7. The van der Waals surface area contributed by atoms with Crippen LogP contribution < -0.4 is 5.32 Å². The number of carboxylic acids is 1. The second-order valence-corrected chi connectivity index (χ2v) is 4.20. The van der Waals surface area contributed by atoms with Crippen LogP contribution >= 0.6 is 0 Å². The predicted octanol–water partition coefficient (Wildman–Crippen LogP) is 1.15. The van der Waals surface area contributed by atoms with Crippen LogP contribution in [0.15, 0.2) is 12.3 Å². The number of rotatable bonds is 6. The van der Waals surface area contributed by atoms with Gasteiger partial charge < -0.3 is 15.4 Å². The van der Waals surface area contributed by atoms with Crippen molar-refractivity contribution in [1.82, 2.24) is 10.3 Å². The van der Waals surface area contributed by atoms with Crippen LogP contribution in [0.25, 0.3) is 0 Å². The molecule has 1 heterocycles. The molecule has 1 unspecified atom stereocenters. The largest absolute Gasteiger partial charge is 0.480 e. The summed E-state index contributed by atoms with van der Waals surface area (Å²) in [6.07, 6.45) is 1.66. The summed E-state index contributed by atoms with van der Waals surface area (Å²) in [6, 6.07) is 0.0325. The maximum atomic E-state index is 11.8. The first-order valence-electron chi connectivity index (χ1n) is 5.73. The molecule has 0 aliphatic rings. The number of hydrogen-bond donors (Lipinski definition) is 3. The van der Waals surface area contributed by atoms with E-state index in [-0.39, 0.29) is 17.3 Å². The number of aromatic amines is 1. The van der Waals surface area contributed by atoms with Crippen LogP contribution in [-0.4, -0.2) is 32.9 Å². The number of nitrogens with one attached hydrogen (secondary N) is 2. The van der Waals surface area contributed by atoms with Crippen molar-refractivity contribution < 1.29 is 19.6 Å². The van der Waals surface area contributed by atoms with Crippen LogP contribution in [0, 0.1) is 16.0 Å². The van der Waals surface area contributed by atoms with E-state index in [1.165, 1.54) is 0 Å². The number of aliphatic carboxylic acids is 1. The Hall–Kier alpha value is -2.38. The summed E-state index contributed by atoms with van der Waals surface area (Å²) < 4.78 is 0. The third kappa shape index (κ3) is 3.54. The van der Waals surface area contributed by atoms with Crippen LogP contribution in [-0.2, 0) is 4.79 Å². The lowest BCUT2D eigenvalue weighted by Gasteiger charge is -2.19. The molecule has 3 N–H and O–H groups in total. The highest BCUT2D eigenvalue weighted by Crippen LogP contribution is 2.13. The number of hydrogen-bond acceptors (Lipinski definition) is 4. The zero-order chi connectivity index (χ0) is 14.6. The number of nitrogens with zero attached hydrogens (tertiary/aromatic N) is 1. The van der Waals surface area contributed by atoms with E-state index in [0.29, 0.717) is 6.42 Å². The maximum Gasteiger partial charge on any atom is 0.326 e. The number of aromatic nitrogens is 1. The van der Waals surface area contributed by atoms with Gasteiger partial charge in [0.1, 0.15) is 11.7 Å². The van der Waals surface area contributed by atoms with E-state index in [0.717, 1.165) is 12.3 Å². The first-order valence-corrected chi connectivity index (χ1v) is 5.73. The molecule has 1 rings (SSSR count). The molecule has 8 nitrogen and oxygen atoms in total. The molecule has 0 aliphatic carbocycles. The molecule has 0 fully saturated rings. The number of amides is 1. The summed E-state index contributed by atoms with van der Waals surface area (Å²) in [7, 11) is 0. The third-order valence-corrected chi connectivity index (χ3v) is 2.89. The Morgan fingerprint density at radius 3 is 2.63 bits per heavy atom. The van der Waals surface area contributed by atoms with Gasteiger partial charge in [-0.2, -0.15) is 0 Å². The van der Waals surface area contributed by atoms with Crippen LogP contribution in [0.5, 0.6) is 0 Å². The topological polar surface area (TPSA) is 125 Å². The fourth-order valence-electron chi connectivity index (χ4n) is 1.52. The number of carbonyl (C=O) groups is 2. The lowest BCUT2D eigenvalue weighted by Crippen LogP contribution is -2.45. The molecular formula is C11H15N3O5. The van der Waals surface area contributed by atoms with Crippen molar-refractivity contribution in [2.24, 2.45) is 5.92 Å². The quantitative estimate of drug-likeness (QED) is 0.527. The molecule has 1 aromatic heterocycles. The van der Waals surface area contributed by atoms with E-state index < -0.39 is 22.8 Å².